The van der Waals surface area contributed by atoms with Gasteiger partial charge in [-0.25, -0.2) is 13.4 Å². The van der Waals surface area contributed by atoms with Gasteiger partial charge in [0.05, 0.1) is 21.9 Å². The zero-order valence-electron chi connectivity index (χ0n) is 9.47. The minimum Gasteiger partial charge on any atom is -0.384 e. The molecule has 2 aromatic rings. The minimum absolute atomic E-state index is 0.0277. The van der Waals surface area contributed by atoms with E-state index in [9.17, 15) is 8.42 Å². The third-order valence-electron chi connectivity index (χ3n) is 2.24. The Balaban J connectivity index is 2.38. The van der Waals surface area contributed by atoms with Crippen LogP contribution in [0.5, 0.6) is 0 Å². The summed E-state index contributed by atoms with van der Waals surface area (Å²) in [5.74, 6) is 0.295. The first kappa shape index (κ1) is 13.9. The Hall–Kier alpha value is -1.50. The lowest BCUT2D eigenvalue weighted by Gasteiger charge is -2.09. The minimum atomic E-state index is -3.83. The summed E-state index contributed by atoms with van der Waals surface area (Å²) >= 11 is 11.7. The maximum atomic E-state index is 12.1. The van der Waals surface area contributed by atoms with Crippen LogP contribution in [0.15, 0.2) is 41.4 Å². The van der Waals surface area contributed by atoms with Gasteiger partial charge in [-0.3, -0.25) is 4.72 Å². The van der Waals surface area contributed by atoms with Crippen LogP contribution in [0.1, 0.15) is 0 Å². The van der Waals surface area contributed by atoms with Gasteiger partial charge in [0.15, 0.2) is 0 Å². The van der Waals surface area contributed by atoms with Crippen LogP contribution < -0.4 is 10.5 Å². The molecule has 0 radical (unpaired) electrons. The van der Waals surface area contributed by atoms with E-state index < -0.39 is 10.0 Å². The van der Waals surface area contributed by atoms with Crippen molar-refractivity contribution in [1.29, 1.82) is 0 Å². The smallest absolute Gasteiger partial charge is 0.263 e. The van der Waals surface area contributed by atoms with Gasteiger partial charge in [0.1, 0.15) is 10.7 Å². The lowest BCUT2D eigenvalue weighted by Crippen LogP contribution is -2.13. The van der Waals surface area contributed by atoms with E-state index in [1.54, 1.807) is 0 Å². The number of nitrogens with two attached hydrogens (primary N) is 1. The van der Waals surface area contributed by atoms with E-state index in [2.05, 4.69) is 9.71 Å². The number of aromatic nitrogens is 1. The van der Waals surface area contributed by atoms with Crippen molar-refractivity contribution < 1.29 is 8.42 Å². The fourth-order valence-corrected chi connectivity index (χ4v) is 3.17. The van der Waals surface area contributed by atoms with Crippen molar-refractivity contribution in [2.75, 3.05) is 10.5 Å². The van der Waals surface area contributed by atoms with E-state index in [4.69, 9.17) is 28.9 Å². The molecule has 0 aliphatic rings. The molecule has 1 aromatic carbocycles. The van der Waals surface area contributed by atoms with Crippen LogP contribution in [0.3, 0.4) is 0 Å². The number of nitrogen functional groups attached to an aromatic ring is 1. The van der Waals surface area contributed by atoms with E-state index >= 15 is 0 Å². The number of hydrogen-bond donors (Lipinski definition) is 2. The first-order chi connectivity index (χ1) is 8.90. The average Bonchev–Trinajstić information content (AvgIpc) is 2.35. The van der Waals surface area contributed by atoms with Gasteiger partial charge < -0.3 is 5.73 Å². The average molecular weight is 318 g/mol. The first-order valence-corrected chi connectivity index (χ1v) is 7.32. The SMILES string of the molecule is Nc1ccc(NS(=O)(=O)c2cccc(Cl)c2Cl)cn1. The van der Waals surface area contributed by atoms with Gasteiger partial charge in [0, 0.05) is 0 Å². The Morgan fingerprint density at radius 2 is 1.89 bits per heavy atom. The maximum absolute atomic E-state index is 12.1. The molecule has 0 aliphatic heterocycles. The van der Waals surface area contributed by atoms with Gasteiger partial charge >= 0.3 is 0 Å². The second-order valence-corrected chi connectivity index (χ2v) is 6.07. The molecule has 100 valence electrons. The van der Waals surface area contributed by atoms with Gasteiger partial charge in [-0.1, -0.05) is 29.3 Å². The van der Waals surface area contributed by atoms with Crippen LogP contribution in [0.25, 0.3) is 0 Å². The third kappa shape index (κ3) is 3.09. The largest absolute Gasteiger partial charge is 0.384 e. The van der Waals surface area contributed by atoms with E-state index in [1.165, 1.54) is 36.5 Å². The quantitative estimate of drug-likeness (QED) is 0.911. The Morgan fingerprint density at radius 3 is 2.53 bits per heavy atom. The predicted octanol–water partition coefficient (Wildman–Crippen LogP) is 2.77. The standard InChI is InChI=1S/C11H9Cl2N3O2S/c12-8-2-1-3-9(11(8)13)19(17,18)16-7-4-5-10(14)15-6-7/h1-6,16H,(H2,14,15). The number of nitrogens with one attached hydrogen (secondary N) is 1. The van der Waals surface area contributed by atoms with Crippen LogP contribution in [0.4, 0.5) is 11.5 Å². The Labute approximate surface area is 120 Å². The highest BCUT2D eigenvalue weighted by molar-refractivity contribution is 7.92. The Morgan fingerprint density at radius 1 is 1.16 bits per heavy atom. The van der Waals surface area contributed by atoms with Crippen LogP contribution in [0.2, 0.25) is 10.0 Å². The lowest BCUT2D eigenvalue weighted by molar-refractivity contribution is 0.601. The van der Waals surface area contributed by atoms with E-state index in [0.717, 1.165) is 0 Å². The van der Waals surface area contributed by atoms with Crippen molar-refractivity contribution in [1.82, 2.24) is 4.98 Å². The predicted molar refractivity (Wildman–Crippen MR) is 75.9 cm³/mol. The normalized spacial score (nSPS) is 11.3. The van der Waals surface area contributed by atoms with Crippen molar-refractivity contribution in [3.05, 3.63) is 46.6 Å². The van der Waals surface area contributed by atoms with Gasteiger partial charge in [-0.2, -0.15) is 0 Å². The number of anilines is 2. The Kier molecular flexibility index (Phi) is 3.84. The zero-order valence-corrected chi connectivity index (χ0v) is 11.8. The maximum Gasteiger partial charge on any atom is 0.263 e. The molecule has 0 atom stereocenters. The third-order valence-corrected chi connectivity index (χ3v) is 4.60. The summed E-state index contributed by atoms with van der Waals surface area (Å²) in [6.45, 7) is 0. The number of pyridine rings is 1. The molecular formula is C11H9Cl2N3O2S. The van der Waals surface area contributed by atoms with E-state index in [0.29, 0.717) is 5.82 Å². The van der Waals surface area contributed by atoms with Gasteiger partial charge in [0.25, 0.3) is 10.0 Å². The highest BCUT2D eigenvalue weighted by atomic mass is 35.5. The number of rotatable bonds is 3. The summed E-state index contributed by atoms with van der Waals surface area (Å²) in [4.78, 5) is 3.69. The van der Waals surface area contributed by atoms with E-state index in [1.807, 2.05) is 0 Å². The molecule has 0 spiro atoms. The van der Waals surface area contributed by atoms with Crippen molar-refractivity contribution in [2.45, 2.75) is 4.90 Å². The number of halogens is 2. The van der Waals surface area contributed by atoms with Gasteiger partial charge in [-0.15, -0.1) is 0 Å². The molecule has 0 bridgehead atoms. The molecule has 3 N–H and O–H groups in total. The second-order valence-electron chi connectivity index (χ2n) is 3.63. The second kappa shape index (κ2) is 5.24. The molecule has 0 saturated carbocycles. The van der Waals surface area contributed by atoms with Crippen molar-refractivity contribution in [2.24, 2.45) is 0 Å². The molecule has 1 heterocycles. The van der Waals surface area contributed by atoms with Crippen LogP contribution in [-0.4, -0.2) is 13.4 Å². The van der Waals surface area contributed by atoms with Crippen LogP contribution in [-0.2, 0) is 10.0 Å². The summed E-state index contributed by atoms with van der Waals surface area (Å²) in [6, 6.07) is 7.36. The summed E-state index contributed by atoms with van der Waals surface area (Å²) in [6.07, 6.45) is 1.31. The zero-order chi connectivity index (χ0) is 14.0. The molecule has 19 heavy (non-hydrogen) atoms. The fourth-order valence-electron chi connectivity index (χ4n) is 1.37. The highest BCUT2D eigenvalue weighted by Crippen LogP contribution is 2.30. The molecule has 0 aliphatic carbocycles. The summed E-state index contributed by atoms with van der Waals surface area (Å²) < 4.78 is 26.6. The molecular weight excluding hydrogens is 309 g/mol. The Bertz CT molecular complexity index is 702. The van der Waals surface area contributed by atoms with Gasteiger partial charge in [0.2, 0.25) is 0 Å². The lowest BCUT2D eigenvalue weighted by atomic mass is 10.4. The van der Waals surface area contributed by atoms with Crippen molar-refractivity contribution in [3.8, 4) is 0 Å². The number of benzene rings is 1. The summed E-state index contributed by atoms with van der Waals surface area (Å²) in [5.41, 5.74) is 5.70. The highest BCUT2D eigenvalue weighted by Gasteiger charge is 2.19. The molecule has 2 rings (SSSR count). The fraction of sp³-hybridized carbons (Fsp3) is 0. The molecule has 0 amide bonds. The summed E-state index contributed by atoms with van der Waals surface area (Å²) in [5, 5.41) is 0.139. The molecule has 0 unspecified atom stereocenters. The first-order valence-electron chi connectivity index (χ1n) is 5.08. The number of sulfonamides is 1. The molecule has 8 heteroatoms. The monoisotopic (exact) mass is 317 g/mol. The van der Waals surface area contributed by atoms with Crippen LogP contribution >= 0.6 is 23.2 Å². The number of hydrogen-bond acceptors (Lipinski definition) is 4. The topological polar surface area (TPSA) is 85.1 Å². The van der Waals surface area contributed by atoms with Crippen LogP contribution in [0, 0.1) is 0 Å². The molecule has 1 aromatic heterocycles. The number of nitrogens with zero attached hydrogens (tertiary/aromatic N) is 1. The van der Waals surface area contributed by atoms with E-state index in [-0.39, 0.29) is 20.6 Å². The molecule has 0 fully saturated rings. The molecule has 0 saturated heterocycles. The summed E-state index contributed by atoms with van der Waals surface area (Å²) in [7, 11) is -3.83. The molecule has 5 nitrogen and oxygen atoms in total. The van der Waals surface area contributed by atoms with Crippen molar-refractivity contribution >= 4 is 44.7 Å². The van der Waals surface area contributed by atoms with Crippen molar-refractivity contribution in [3.63, 3.8) is 0 Å². The van der Waals surface area contributed by atoms with Gasteiger partial charge in [-0.05, 0) is 24.3 Å².